The summed E-state index contributed by atoms with van der Waals surface area (Å²) in [6.45, 7) is 0.521. The Labute approximate surface area is 44.3 Å². The van der Waals surface area contributed by atoms with E-state index in [4.69, 9.17) is 11.5 Å². The van der Waals surface area contributed by atoms with Crippen LogP contribution >= 0.6 is 0 Å². The summed E-state index contributed by atoms with van der Waals surface area (Å²) in [7, 11) is 3.80. The van der Waals surface area contributed by atoms with Crippen molar-refractivity contribution in [2.45, 2.75) is 6.17 Å². The molecular weight excluding hydrogens is 90.1 g/mol. The third kappa shape index (κ3) is 2.56. The summed E-state index contributed by atoms with van der Waals surface area (Å²) in [5.41, 5.74) is 10.6. The quantitative estimate of drug-likeness (QED) is 0.431. The highest BCUT2D eigenvalue weighted by Gasteiger charge is 1.97. The second kappa shape index (κ2) is 2.96. The average molecular weight is 103 g/mol. The zero-order valence-corrected chi connectivity index (χ0v) is 4.89. The smallest absolute Gasteiger partial charge is 0.0693 e. The van der Waals surface area contributed by atoms with Crippen molar-refractivity contribution in [1.82, 2.24) is 4.90 Å². The SMILES string of the molecule is CN(C)C(N)CN. The molecule has 7 heavy (non-hydrogen) atoms. The van der Waals surface area contributed by atoms with Gasteiger partial charge in [-0.05, 0) is 14.1 Å². The fourth-order valence-electron chi connectivity index (χ4n) is 0.211. The lowest BCUT2D eigenvalue weighted by molar-refractivity contribution is 0.307. The number of hydrogen-bond donors (Lipinski definition) is 2. The molecule has 3 nitrogen and oxygen atoms in total. The van der Waals surface area contributed by atoms with Crippen LogP contribution in [0.2, 0.25) is 0 Å². The largest absolute Gasteiger partial charge is 0.328 e. The molecule has 1 unspecified atom stereocenters. The molecule has 0 aliphatic rings. The first-order chi connectivity index (χ1) is 3.18. The molecule has 0 amide bonds. The van der Waals surface area contributed by atoms with Crippen molar-refractivity contribution in [3.05, 3.63) is 0 Å². The van der Waals surface area contributed by atoms with Crippen molar-refractivity contribution in [1.29, 1.82) is 0 Å². The van der Waals surface area contributed by atoms with Crippen LogP contribution in [0.5, 0.6) is 0 Å². The third-order valence-corrected chi connectivity index (χ3v) is 0.905. The molecule has 0 radical (unpaired) electrons. The van der Waals surface area contributed by atoms with E-state index in [1.54, 1.807) is 0 Å². The fourth-order valence-corrected chi connectivity index (χ4v) is 0.211. The van der Waals surface area contributed by atoms with Crippen molar-refractivity contribution < 1.29 is 0 Å². The van der Waals surface area contributed by atoms with Gasteiger partial charge in [-0.25, -0.2) is 0 Å². The highest BCUT2D eigenvalue weighted by atomic mass is 15.2. The Morgan fingerprint density at radius 1 is 1.57 bits per heavy atom. The van der Waals surface area contributed by atoms with E-state index in [2.05, 4.69) is 0 Å². The first-order valence-corrected chi connectivity index (χ1v) is 2.30. The summed E-state index contributed by atoms with van der Waals surface area (Å²) in [5, 5.41) is 0. The van der Waals surface area contributed by atoms with Gasteiger partial charge in [-0.3, -0.25) is 4.90 Å². The molecule has 0 saturated carbocycles. The van der Waals surface area contributed by atoms with Gasteiger partial charge < -0.3 is 11.5 Å². The van der Waals surface area contributed by atoms with Crippen LogP contribution in [0, 0.1) is 0 Å². The minimum atomic E-state index is 0.0139. The van der Waals surface area contributed by atoms with Crippen LogP contribution in [0.3, 0.4) is 0 Å². The Hall–Kier alpha value is -0.120. The lowest BCUT2D eigenvalue weighted by Crippen LogP contribution is -2.42. The maximum atomic E-state index is 5.42. The van der Waals surface area contributed by atoms with Gasteiger partial charge in [0.15, 0.2) is 0 Å². The van der Waals surface area contributed by atoms with Crippen molar-refractivity contribution in [2.24, 2.45) is 11.5 Å². The Morgan fingerprint density at radius 2 is 2.00 bits per heavy atom. The molecule has 0 aliphatic heterocycles. The summed E-state index contributed by atoms with van der Waals surface area (Å²) >= 11 is 0. The summed E-state index contributed by atoms with van der Waals surface area (Å²) in [6, 6.07) is 0. The predicted molar refractivity (Wildman–Crippen MR) is 30.7 cm³/mol. The normalized spacial score (nSPS) is 15.0. The minimum Gasteiger partial charge on any atom is -0.328 e. The molecule has 1 atom stereocenters. The van der Waals surface area contributed by atoms with Crippen LogP contribution < -0.4 is 11.5 Å². The lowest BCUT2D eigenvalue weighted by Gasteiger charge is -2.16. The number of nitrogens with two attached hydrogens (primary N) is 2. The fraction of sp³-hybridized carbons (Fsp3) is 1.00. The number of hydrogen-bond acceptors (Lipinski definition) is 3. The predicted octanol–water partition coefficient (Wildman–Crippen LogP) is -1.21. The lowest BCUT2D eigenvalue weighted by atomic mass is 10.5. The Morgan fingerprint density at radius 3 is 2.00 bits per heavy atom. The summed E-state index contributed by atoms with van der Waals surface area (Å²) in [4.78, 5) is 1.88. The van der Waals surface area contributed by atoms with Gasteiger partial charge in [0.05, 0.1) is 6.17 Å². The number of likely N-dealkylation sites (N-methyl/N-ethyl adjacent to an activating group) is 1. The van der Waals surface area contributed by atoms with Gasteiger partial charge in [-0.2, -0.15) is 0 Å². The molecule has 0 bridgehead atoms. The standard InChI is InChI=1S/C4H13N3/c1-7(2)4(6)3-5/h4H,3,5-6H2,1-2H3. The van der Waals surface area contributed by atoms with E-state index in [-0.39, 0.29) is 6.17 Å². The van der Waals surface area contributed by atoms with Crippen LogP contribution in [0.4, 0.5) is 0 Å². The van der Waals surface area contributed by atoms with Gasteiger partial charge >= 0.3 is 0 Å². The molecule has 0 aromatic heterocycles. The molecule has 0 fully saturated rings. The van der Waals surface area contributed by atoms with E-state index in [0.717, 1.165) is 0 Å². The van der Waals surface area contributed by atoms with Gasteiger partial charge in [0, 0.05) is 6.54 Å². The van der Waals surface area contributed by atoms with Gasteiger partial charge in [0.25, 0.3) is 0 Å². The number of nitrogens with zero attached hydrogens (tertiary/aromatic N) is 1. The zero-order chi connectivity index (χ0) is 5.86. The molecule has 0 saturated heterocycles. The third-order valence-electron chi connectivity index (χ3n) is 0.905. The molecule has 44 valence electrons. The Kier molecular flexibility index (Phi) is 2.91. The Bertz CT molecular complexity index is 44.2. The molecule has 0 aliphatic carbocycles. The van der Waals surface area contributed by atoms with Crippen LogP contribution in [0.1, 0.15) is 0 Å². The van der Waals surface area contributed by atoms with E-state index < -0.39 is 0 Å². The first-order valence-electron chi connectivity index (χ1n) is 2.30. The van der Waals surface area contributed by atoms with E-state index in [9.17, 15) is 0 Å². The van der Waals surface area contributed by atoms with E-state index in [0.29, 0.717) is 6.54 Å². The molecule has 0 aromatic rings. The molecule has 3 heteroatoms. The van der Waals surface area contributed by atoms with E-state index >= 15 is 0 Å². The van der Waals surface area contributed by atoms with Gasteiger partial charge in [-0.1, -0.05) is 0 Å². The highest BCUT2D eigenvalue weighted by Crippen LogP contribution is 1.75. The van der Waals surface area contributed by atoms with Crippen LogP contribution in [0.15, 0.2) is 0 Å². The second-order valence-corrected chi connectivity index (χ2v) is 1.77. The average Bonchev–Trinajstić information content (AvgIpc) is 1.65. The second-order valence-electron chi connectivity index (χ2n) is 1.77. The Balaban J connectivity index is 3.14. The number of rotatable bonds is 2. The van der Waals surface area contributed by atoms with E-state index in [1.165, 1.54) is 0 Å². The zero-order valence-electron chi connectivity index (χ0n) is 4.89. The van der Waals surface area contributed by atoms with Gasteiger partial charge in [0.2, 0.25) is 0 Å². The molecule has 0 heterocycles. The molecule has 0 rings (SSSR count). The van der Waals surface area contributed by atoms with Gasteiger partial charge in [0.1, 0.15) is 0 Å². The first kappa shape index (κ1) is 6.88. The van der Waals surface area contributed by atoms with E-state index in [1.807, 2.05) is 19.0 Å². The summed E-state index contributed by atoms with van der Waals surface area (Å²) in [6.07, 6.45) is 0.0139. The van der Waals surface area contributed by atoms with Crippen LogP contribution in [-0.4, -0.2) is 31.7 Å². The van der Waals surface area contributed by atoms with Crippen molar-refractivity contribution in [2.75, 3.05) is 20.6 Å². The highest BCUT2D eigenvalue weighted by molar-refractivity contribution is 4.54. The van der Waals surface area contributed by atoms with Crippen molar-refractivity contribution >= 4 is 0 Å². The van der Waals surface area contributed by atoms with Crippen LogP contribution in [0.25, 0.3) is 0 Å². The maximum Gasteiger partial charge on any atom is 0.0693 e. The molecule has 4 N–H and O–H groups in total. The van der Waals surface area contributed by atoms with Crippen molar-refractivity contribution in [3.8, 4) is 0 Å². The molecule has 0 spiro atoms. The minimum absolute atomic E-state index is 0.0139. The summed E-state index contributed by atoms with van der Waals surface area (Å²) < 4.78 is 0. The summed E-state index contributed by atoms with van der Waals surface area (Å²) in [5.74, 6) is 0. The molecule has 0 aromatic carbocycles. The monoisotopic (exact) mass is 103 g/mol. The van der Waals surface area contributed by atoms with Gasteiger partial charge in [-0.15, -0.1) is 0 Å². The van der Waals surface area contributed by atoms with Crippen LogP contribution in [-0.2, 0) is 0 Å². The molecular formula is C4H13N3. The maximum absolute atomic E-state index is 5.42. The topological polar surface area (TPSA) is 55.3 Å². The van der Waals surface area contributed by atoms with Crippen molar-refractivity contribution in [3.63, 3.8) is 0 Å².